The molecule has 102 valence electrons. The molecule has 0 unspecified atom stereocenters. The van der Waals surface area contributed by atoms with Gasteiger partial charge < -0.3 is 19.4 Å². The number of hydrogen-bond donors (Lipinski definition) is 2. The van der Waals surface area contributed by atoms with E-state index in [9.17, 15) is 4.79 Å². The molecule has 0 saturated heterocycles. The molecule has 0 aliphatic rings. The van der Waals surface area contributed by atoms with Crippen LogP contribution in [0.25, 0.3) is 11.4 Å². The van der Waals surface area contributed by atoms with E-state index in [0.717, 1.165) is 11.4 Å². The molecular formula is C14H18N2O3. The zero-order chi connectivity index (χ0) is 14.0. The minimum atomic E-state index is -0.542. The number of hydrogen-bond acceptors (Lipinski definition) is 3. The molecule has 0 saturated carbocycles. The summed E-state index contributed by atoms with van der Waals surface area (Å²) in [7, 11) is 1.52. The third kappa shape index (κ3) is 2.99. The highest BCUT2D eigenvalue weighted by molar-refractivity contribution is 5.92. The second-order valence-corrected chi connectivity index (χ2v) is 5.21. The zero-order valence-electron chi connectivity index (χ0n) is 11.5. The Morgan fingerprint density at radius 2 is 2.00 bits per heavy atom. The van der Waals surface area contributed by atoms with Crippen LogP contribution >= 0.6 is 0 Å². The molecule has 2 aromatic rings. The summed E-state index contributed by atoms with van der Waals surface area (Å²) in [6, 6.07) is 5.56. The Bertz CT molecular complexity index is 562. The van der Waals surface area contributed by atoms with Crippen molar-refractivity contribution in [1.29, 1.82) is 0 Å². The number of carbonyl (C=O) groups excluding carboxylic acids is 1. The van der Waals surface area contributed by atoms with Crippen LogP contribution in [0.2, 0.25) is 0 Å². The number of methoxy groups -OCH3 is 1. The second-order valence-electron chi connectivity index (χ2n) is 5.21. The van der Waals surface area contributed by atoms with Crippen LogP contribution in [0, 0.1) is 0 Å². The predicted molar refractivity (Wildman–Crippen MR) is 72.3 cm³/mol. The number of rotatable bonds is 3. The molecule has 2 aromatic heterocycles. The number of ether oxygens (including phenoxy) is 2. The number of carbonyl (C=O) groups is 1. The van der Waals surface area contributed by atoms with Crippen molar-refractivity contribution >= 4 is 5.97 Å². The predicted octanol–water partition coefficient (Wildman–Crippen LogP) is 2.97. The summed E-state index contributed by atoms with van der Waals surface area (Å²) in [5.74, 6) is 0.0426. The lowest BCUT2D eigenvalue weighted by atomic mass is 10.2. The molecule has 2 heterocycles. The monoisotopic (exact) mass is 262 g/mol. The van der Waals surface area contributed by atoms with Gasteiger partial charge in [0.05, 0.1) is 18.5 Å². The van der Waals surface area contributed by atoms with E-state index in [1.807, 2.05) is 39.1 Å². The number of esters is 1. The van der Waals surface area contributed by atoms with E-state index in [0.29, 0.717) is 11.4 Å². The molecule has 0 fully saturated rings. The second kappa shape index (κ2) is 4.84. The largest absolute Gasteiger partial charge is 0.494 e. The van der Waals surface area contributed by atoms with E-state index in [1.54, 1.807) is 6.07 Å². The first-order chi connectivity index (χ1) is 8.90. The molecule has 5 heteroatoms. The maximum absolute atomic E-state index is 12.1. The highest BCUT2D eigenvalue weighted by Crippen LogP contribution is 2.27. The Balaban J connectivity index is 2.33. The molecule has 0 amide bonds. The van der Waals surface area contributed by atoms with Crippen LogP contribution in [0.4, 0.5) is 0 Å². The first kappa shape index (κ1) is 13.3. The van der Waals surface area contributed by atoms with Crippen LogP contribution in [0.1, 0.15) is 31.3 Å². The van der Waals surface area contributed by atoms with Gasteiger partial charge in [-0.1, -0.05) is 0 Å². The van der Waals surface area contributed by atoms with Crippen molar-refractivity contribution in [1.82, 2.24) is 9.97 Å². The fraction of sp³-hybridized carbons (Fsp3) is 0.357. The fourth-order valence-electron chi connectivity index (χ4n) is 1.72. The molecule has 5 nitrogen and oxygen atoms in total. The highest BCUT2D eigenvalue weighted by Gasteiger charge is 2.23. The molecule has 2 N–H and O–H groups in total. The highest BCUT2D eigenvalue weighted by atomic mass is 16.6. The van der Waals surface area contributed by atoms with Gasteiger partial charge in [0.25, 0.3) is 0 Å². The molecule has 0 radical (unpaired) electrons. The van der Waals surface area contributed by atoms with Gasteiger partial charge in [-0.3, -0.25) is 0 Å². The lowest BCUT2D eigenvalue weighted by Gasteiger charge is -2.19. The average molecular weight is 262 g/mol. The minimum Gasteiger partial charge on any atom is -0.494 e. The van der Waals surface area contributed by atoms with Crippen molar-refractivity contribution in [3.05, 3.63) is 30.1 Å². The molecule has 0 aliphatic carbocycles. The van der Waals surface area contributed by atoms with Gasteiger partial charge >= 0.3 is 5.97 Å². The number of H-pyrrole nitrogens is 2. The van der Waals surface area contributed by atoms with E-state index < -0.39 is 11.6 Å². The van der Waals surface area contributed by atoms with Crippen molar-refractivity contribution in [2.45, 2.75) is 26.4 Å². The molecule has 0 spiro atoms. The van der Waals surface area contributed by atoms with Crippen molar-refractivity contribution in [3.8, 4) is 17.1 Å². The van der Waals surface area contributed by atoms with E-state index in [1.165, 1.54) is 7.11 Å². The molecular weight excluding hydrogens is 244 g/mol. The molecule has 0 bridgehead atoms. The van der Waals surface area contributed by atoms with Gasteiger partial charge in [0.2, 0.25) is 0 Å². The molecule has 0 atom stereocenters. The van der Waals surface area contributed by atoms with Gasteiger partial charge in [0.15, 0.2) is 11.4 Å². The Labute approximate surface area is 111 Å². The van der Waals surface area contributed by atoms with Gasteiger partial charge in [-0.2, -0.15) is 0 Å². The van der Waals surface area contributed by atoms with Gasteiger partial charge in [0, 0.05) is 12.3 Å². The molecule has 19 heavy (non-hydrogen) atoms. The van der Waals surface area contributed by atoms with Gasteiger partial charge in [-0.05, 0) is 32.9 Å². The topological polar surface area (TPSA) is 67.1 Å². The van der Waals surface area contributed by atoms with Crippen LogP contribution in [0.15, 0.2) is 24.4 Å². The summed E-state index contributed by atoms with van der Waals surface area (Å²) < 4.78 is 10.6. The fourth-order valence-corrected chi connectivity index (χ4v) is 1.72. The third-order valence-corrected chi connectivity index (χ3v) is 2.49. The van der Waals surface area contributed by atoms with Gasteiger partial charge in [-0.15, -0.1) is 0 Å². The third-order valence-electron chi connectivity index (χ3n) is 2.49. The van der Waals surface area contributed by atoms with Crippen LogP contribution in [0.3, 0.4) is 0 Å². The van der Waals surface area contributed by atoms with Crippen molar-refractivity contribution in [2.24, 2.45) is 0 Å². The lowest BCUT2D eigenvalue weighted by molar-refractivity contribution is 0.00606. The Kier molecular flexibility index (Phi) is 3.38. The first-order valence-electron chi connectivity index (χ1n) is 6.05. The smallest absolute Gasteiger partial charge is 0.359 e. The van der Waals surface area contributed by atoms with Gasteiger partial charge in [0.1, 0.15) is 5.60 Å². The summed E-state index contributed by atoms with van der Waals surface area (Å²) in [5.41, 5.74) is 1.44. The standard InChI is InChI=1S/C14H18N2O3/c1-14(2,3)19-13(17)12-11(18-4)8-10(16-12)9-6-5-7-15-9/h5-8,15-16H,1-4H3. The number of aromatic amines is 2. The van der Waals surface area contributed by atoms with E-state index in [-0.39, 0.29) is 0 Å². The number of nitrogens with one attached hydrogen (secondary N) is 2. The number of aromatic nitrogens is 2. The summed E-state index contributed by atoms with van der Waals surface area (Å²) in [6.45, 7) is 5.48. The summed E-state index contributed by atoms with van der Waals surface area (Å²) in [5, 5.41) is 0. The van der Waals surface area contributed by atoms with Crippen LogP contribution in [0.5, 0.6) is 5.75 Å². The zero-order valence-corrected chi connectivity index (χ0v) is 11.5. The van der Waals surface area contributed by atoms with E-state index >= 15 is 0 Å². The van der Waals surface area contributed by atoms with Crippen LogP contribution in [-0.4, -0.2) is 28.6 Å². The SMILES string of the molecule is COc1cc(-c2ccc[nH]2)[nH]c1C(=O)OC(C)(C)C. The minimum absolute atomic E-state index is 0.321. The average Bonchev–Trinajstić information content (AvgIpc) is 2.95. The van der Waals surface area contributed by atoms with Crippen molar-refractivity contribution in [3.63, 3.8) is 0 Å². The van der Waals surface area contributed by atoms with Crippen LogP contribution in [-0.2, 0) is 4.74 Å². The normalized spacial score (nSPS) is 11.4. The lowest BCUT2D eigenvalue weighted by Crippen LogP contribution is -2.24. The molecule has 0 aliphatic heterocycles. The Morgan fingerprint density at radius 3 is 2.53 bits per heavy atom. The quantitative estimate of drug-likeness (QED) is 0.836. The van der Waals surface area contributed by atoms with Crippen molar-refractivity contribution < 1.29 is 14.3 Å². The van der Waals surface area contributed by atoms with Crippen LogP contribution < -0.4 is 4.74 Å². The van der Waals surface area contributed by atoms with Crippen molar-refractivity contribution in [2.75, 3.05) is 7.11 Å². The maximum Gasteiger partial charge on any atom is 0.359 e. The van der Waals surface area contributed by atoms with E-state index in [2.05, 4.69) is 9.97 Å². The van der Waals surface area contributed by atoms with E-state index in [4.69, 9.17) is 9.47 Å². The maximum atomic E-state index is 12.1. The first-order valence-corrected chi connectivity index (χ1v) is 6.05. The van der Waals surface area contributed by atoms with Gasteiger partial charge in [-0.25, -0.2) is 4.79 Å². The molecule has 2 rings (SSSR count). The Hall–Kier alpha value is -2.17. The summed E-state index contributed by atoms with van der Waals surface area (Å²) in [6.07, 6.45) is 1.82. The summed E-state index contributed by atoms with van der Waals surface area (Å²) in [4.78, 5) is 18.2. The molecule has 0 aromatic carbocycles. The Morgan fingerprint density at radius 1 is 1.26 bits per heavy atom. The summed E-state index contributed by atoms with van der Waals surface area (Å²) >= 11 is 0.